The van der Waals surface area contributed by atoms with Gasteiger partial charge in [-0.1, -0.05) is 57.3 Å². The summed E-state index contributed by atoms with van der Waals surface area (Å²) in [6.07, 6.45) is 0.478. The minimum absolute atomic E-state index is 0.0226. The van der Waals surface area contributed by atoms with Gasteiger partial charge in [0.1, 0.15) is 5.82 Å². The van der Waals surface area contributed by atoms with Crippen LogP contribution in [0.15, 0.2) is 42.5 Å². The van der Waals surface area contributed by atoms with Crippen molar-refractivity contribution in [2.24, 2.45) is 0 Å². The molecule has 0 heterocycles. The Morgan fingerprint density at radius 3 is 2.50 bits per heavy atom. The smallest absolute Gasteiger partial charge is 0.127 e. The number of halogens is 4. The molecule has 0 spiro atoms. The van der Waals surface area contributed by atoms with Gasteiger partial charge in [-0.15, -0.1) is 0 Å². The van der Waals surface area contributed by atoms with Crippen LogP contribution in [0.4, 0.5) is 4.39 Å². The molecule has 0 saturated carbocycles. The Bertz CT molecular complexity index is 537. The molecule has 0 amide bonds. The molecule has 2 rings (SSSR count). The summed E-state index contributed by atoms with van der Waals surface area (Å²) < 4.78 is 13.7. The van der Waals surface area contributed by atoms with Crippen LogP contribution in [0, 0.1) is 5.82 Å². The minimum Gasteiger partial charge on any atom is -0.207 e. The summed E-state index contributed by atoms with van der Waals surface area (Å²) in [5.74, 6) is -0.283. The minimum atomic E-state index is -0.283. The topological polar surface area (TPSA) is 0 Å². The van der Waals surface area contributed by atoms with E-state index in [0.29, 0.717) is 22.0 Å². The van der Waals surface area contributed by atoms with E-state index in [1.165, 1.54) is 6.07 Å². The predicted octanol–water partition coefficient (Wildman–Crippen LogP) is 5.81. The zero-order valence-corrected chi connectivity index (χ0v) is 12.4. The molecule has 0 aromatic heterocycles. The highest BCUT2D eigenvalue weighted by Crippen LogP contribution is 2.32. The van der Waals surface area contributed by atoms with Crippen LogP contribution < -0.4 is 0 Å². The van der Waals surface area contributed by atoms with Gasteiger partial charge in [0.25, 0.3) is 0 Å². The molecule has 2 aromatic carbocycles. The van der Waals surface area contributed by atoms with Crippen molar-refractivity contribution in [2.45, 2.75) is 11.2 Å². The largest absolute Gasteiger partial charge is 0.207 e. The van der Waals surface area contributed by atoms with Gasteiger partial charge in [-0.25, -0.2) is 4.39 Å². The Kier molecular flexibility index (Phi) is 4.66. The maximum atomic E-state index is 13.7. The van der Waals surface area contributed by atoms with Crippen LogP contribution in [-0.2, 0) is 6.42 Å². The van der Waals surface area contributed by atoms with Crippen LogP contribution in [0.5, 0.6) is 0 Å². The van der Waals surface area contributed by atoms with E-state index >= 15 is 0 Å². The molecule has 94 valence electrons. The first-order valence-corrected chi connectivity index (χ1v) is 7.07. The van der Waals surface area contributed by atoms with Crippen LogP contribution in [0.1, 0.15) is 16.0 Å². The van der Waals surface area contributed by atoms with Crippen molar-refractivity contribution >= 4 is 39.1 Å². The van der Waals surface area contributed by atoms with Crippen LogP contribution >= 0.6 is 39.1 Å². The maximum absolute atomic E-state index is 13.7. The fraction of sp³-hybridized carbons (Fsp3) is 0.143. The molecule has 0 fully saturated rings. The lowest BCUT2D eigenvalue weighted by molar-refractivity contribution is 0.608. The van der Waals surface area contributed by atoms with Crippen molar-refractivity contribution in [1.82, 2.24) is 0 Å². The molecular formula is C14H10BrCl2F. The zero-order valence-electron chi connectivity index (χ0n) is 9.34. The first-order valence-electron chi connectivity index (χ1n) is 5.40. The van der Waals surface area contributed by atoms with Crippen LogP contribution in [0.3, 0.4) is 0 Å². The molecule has 1 atom stereocenters. The molecule has 0 bridgehead atoms. The lowest BCUT2D eigenvalue weighted by Gasteiger charge is -2.12. The van der Waals surface area contributed by atoms with Crippen LogP contribution in [0.25, 0.3) is 0 Å². The molecule has 0 saturated heterocycles. The molecule has 4 heteroatoms. The van der Waals surface area contributed by atoms with Gasteiger partial charge in [0, 0.05) is 20.4 Å². The first-order chi connectivity index (χ1) is 8.58. The van der Waals surface area contributed by atoms with Crippen molar-refractivity contribution < 1.29 is 4.39 Å². The van der Waals surface area contributed by atoms with Crippen LogP contribution in [-0.4, -0.2) is 0 Å². The van der Waals surface area contributed by atoms with Crippen molar-refractivity contribution in [1.29, 1.82) is 0 Å². The quantitative estimate of drug-likeness (QED) is 0.614. The van der Waals surface area contributed by atoms with Gasteiger partial charge in [0.2, 0.25) is 0 Å². The molecule has 0 nitrogen and oxygen atoms in total. The summed E-state index contributed by atoms with van der Waals surface area (Å²) in [5, 5.41) is 1.11. The molecule has 0 aliphatic heterocycles. The lowest BCUT2D eigenvalue weighted by atomic mass is 10.0. The Morgan fingerprint density at radius 1 is 1.11 bits per heavy atom. The van der Waals surface area contributed by atoms with Crippen molar-refractivity contribution in [2.75, 3.05) is 0 Å². The highest BCUT2D eigenvalue weighted by atomic mass is 79.9. The van der Waals surface area contributed by atoms with Gasteiger partial charge in [-0.05, 0) is 36.2 Å². The Balaban J connectivity index is 2.24. The highest BCUT2D eigenvalue weighted by molar-refractivity contribution is 9.09. The number of rotatable bonds is 3. The second-order valence-corrected chi connectivity index (χ2v) is 5.88. The van der Waals surface area contributed by atoms with Gasteiger partial charge in [-0.2, -0.15) is 0 Å². The summed E-state index contributed by atoms with van der Waals surface area (Å²) >= 11 is 15.5. The van der Waals surface area contributed by atoms with Crippen molar-refractivity contribution in [3.05, 3.63) is 69.5 Å². The third-order valence-corrected chi connectivity index (χ3v) is 4.10. The van der Waals surface area contributed by atoms with E-state index in [-0.39, 0.29) is 10.6 Å². The van der Waals surface area contributed by atoms with E-state index in [1.807, 2.05) is 18.2 Å². The number of alkyl halides is 1. The fourth-order valence-electron chi connectivity index (χ4n) is 1.73. The average Bonchev–Trinajstić information content (AvgIpc) is 2.34. The second kappa shape index (κ2) is 6.05. The third kappa shape index (κ3) is 3.25. The van der Waals surface area contributed by atoms with Gasteiger partial charge in [-0.3, -0.25) is 0 Å². The van der Waals surface area contributed by atoms with Crippen molar-refractivity contribution in [3.63, 3.8) is 0 Å². The van der Waals surface area contributed by atoms with Gasteiger partial charge in [0.05, 0.1) is 0 Å². The molecule has 0 radical (unpaired) electrons. The number of hydrogen-bond acceptors (Lipinski definition) is 0. The summed E-state index contributed by atoms with van der Waals surface area (Å²) in [6, 6.07) is 12.2. The Morgan fingerprint density at radius 2 is 1.83 bits per heavy atom. The van der Waals surface area contributed by atoms with E-state index in [2.05, 4.69) is 15.9 Å². The van der Waals surface area contributed by atoms with E-state index in [9.17, 15) is 4.39 Å². The highest BCUT2D eigenvalue weighted by Gasteiger charge is 2.14. The molecule has 1 unspecified atom stereocenters. The predicted molar refractivity (Wildman–Crippen MR) is 78.2 cm³/mol. The molecule has 0 aliphatic rings. The van der Waals surface area contributed by atoms with E-state index < -0.39 is 0 Å². The van der Waals surface area contributed by atoms with Gasteiger partial charge < -0.3 is 0 Å². The first kappa shape index (κ1) is 13.9. The molecule has 2 aromatic rings. The summed E-state index contributed by atoms with van der Waals surface area (Å²) in [4.78, 5) is -0.0226. The summed E-state index contributed by atoms with van der Waals surface area (Å²) in [7, 11) is 0. The number of benzene rings is 2. The zero-order chi connectivity index (χ0) is 13.1. The fourth-order valence-corrected chi connectivity index (χ4v) is 2.77. The molecule has 18 heavy (non-hydrogen) atoms. The van der Waals surface area contributed by atoms with E-state index in [1.54, 1.807) is 18.2 Å². The molecule has 0 aliphatic carbocycles. The third-order valence-electron chi connectivity index (χ3n) is 2.66. The van der Waals surface area contributed by atoms with Gasteiger partial charge >= 0.3 is 0 Å². The average molecular weight is 348 g/mol. The Hall–Kier alpha value is -0.570. The monoisotopic (exact) mass is 346 g/mol. The van der Waals surface area contributed by atoms with Crippen molar-refractivity contribution in [3.8, 4) is 0 Å². The molecule has 0 N–H and O–H groups in total. The summed E-state index contributed by atoms with van der Waals surface area (Å²) in [5.41, 5.74) is 1.52. The van der Waals surface area contributed by atoms with Gasteiger partial charge in [0.15, 0.2) is 0 Å². The lowest BCUT2D eigenvalue weighted by Crippen LogP contribution is -1.99. The SMILES string of the molecule is Fc1cccc(Cl)c1CC(Br)c1cccc(Cl)c1. The van der Waals surface area contributed by atoms with E-state index in [4.69, 9.17) is 23.2 Å². The van der Waals surface area contributed by atoms with Crippen LogP contribution in [0.2, 0.25) is 10.0 Å². The summed E-state index contributed by atoms with van der Waals surface area (Å²) in [6.45, 7) is 0. The maximum Gasteiger partial charge on any atom is 0.127 e. The normalized spacial score (nSPS) is 12.4. The van der Waals surface area contributed by atoms with E-state index in [0.717, 1.165) is 5.56 Å². The standard InChI is InChI=1S/C14H10BrCl2F/c15-12(9-3-1-4-10(16)7-9)8-11-13(17)5-2-6-14(11)18/h1-7,12H,8H2. The Labute approximate surface area is 124 Å². The second-order valence-electron chi connectivity index (χ2n) is 3.93. The molecular weight excluding hydrogens is 338 g/mol. The number of hydrogen-bond donors (Lipinski definition) is 0.